The van der Waals surface area contributed by atoms with Gasteiger partial charge < -0.3 is 16.4 Å². The van der Waals surface area contributed by atoms with Crippen LogP contribution >= 0.6 is 0 Å². The van der Waals surface area contributed by atoms with Crippen molar-refractivity contribution < 1.29 is 9.59 Å². The first kappa shape index (κ1) is 16.0. The topological polar surface area (TPSA) is 84.2 Å². The fraction of sp³-hybridized carbons (Fsp3) is 0.467. The van der Waals surface area contributed by atoms with Gasteiger partial charge >= 0.3 is 0 Å². The van der Waals surface area contributed by atoms with Gasteiger partial charge in [0.2, 0.25) is 11.8 Å². The Morgan fingerprint density at radius 2 is 1.90 bits per heavy atom. The largest absolute Gasteiger partial charge is 0.399 e. The quantitative estimate of drug-likeness (QED) is 0.684. The highest BCUT2D eigenvalue weighted by Gasteiger charge is 2.16. The molecule has 0 saturated heterocycles. The van der Waals surface area contributed by atoms with Gasteiger partial charge in [-0.25, -0.2) is 0 Å². The lowest BCUT2D eigenvalue weighted by atomic mass is 10.00. The summed E-state index contributed by atoms with van der Waals surface area (Å²) in [7, 11) is 0. The standard InChI is InChI=1S/C15H23N3O2/c1-10(2)8-17-14(19)9-18-15(20)11(3)12-5-4-6-13(16)7-12/h4-7,10-11H,8-9,16H2,1-3H3,(H,17,19)(H,18,20). The SMILES string of the molecule is CC(C)CNC(=O)CNC(=O)C(C)c1cccc(N)c1. The van der Waals surface area contributed by atoms with Crippen molar-refractivity contribution in [3.05, 3.63) is 29.8 Å². The number of hydrogen-bond acceptors (Lipinski definition) is 3. The van der Waals surface area contributed by atoms with Crippen LogP contribution in [0.3, 0.4) is 0 Å². The highest BCUT2D eigenvalue weighted by atomic mass is 16.2. The Balaban J connectivity index is 2.44. The number of rotatable bonds is 6. The molecule has 1 aromatic rings. The molecular formula is C15H23N3O2. The van der Waals surface area contributed by atoms with Crippen molar-refractivity contribution >= 4 is 17.5 Å². The molecule has 0 bridgehead atoms. The van der Waals surface area contributed by atoms with Gasteiger partial charge in [0.05, 0.1) is 12.5 Å². The Bertz CT molecular complexity index is 472. The first-order valence-electron chi connectivity index (χ1n) is 6.80. The average molecular weight is 277 g/mol. The van der Waals surface area contributed by atoms with Gasteiger partial charge in [-0.3, -0.25) is 9.59 Å². The Hall–Kier alpha value is -2.04. The molecule has 0 aliphatic heterocycles. The van der Waals surface area contributed by atoms with Crippen molar-refractivity contribution in [2.75, 3.05) is 18.8 Å². The van der Waals surface area contributed by atoms with E-state index in [-0.39, 0.29) is 24.3 Å². The predicted molar refractivity (Wildman–Crippen MR) is 80.1 cm³/mol. The lowest BCUT2D eigenvalue weighted by Gasteiger charge is -2.13. The van der Waals surface area contributed by atoms with Crippen LogP contribution in [0.5, 0.6) is 0 Å². The summed E-state index contributed by atoms with van der Waals surface area (Å²) in [4.78, 5) is 23.5. The summed E-state index contributed by atoms with van der Waals surface area (Å²) in [5.41, 5.74) is 7.15. The molecule has 5 heteroatoms. The molecule has 0 heterocycles. The number of nitrogens with two attached hydrogens (primary N) is 1. The highest BCUT2D eigenvalue weighted by molar-refractivity contribution is 5.88. The van der Waals surface area contributed by atoms with Crippen LogP contribution in [0.2, 0.25) is 0 Å². The molecule has 5 nitrogen and oxygen atoms in total. The van der Waals surface area contributed by atoms with Crippen LogP contribution in [0.25, 0.3) is 0 Å². The van der Waals surface area contributed by atoms with Gasteiger partial charge in [0, 0.05) is 12.2 Å². The lowest BCUT2D eigenvalue weighted by molar-refractivity contribution is -0.126. The molecule has 0 spiro atoms. The molecule has 1 atom stereocenters. The first-order chi connectivity index (χ1) is 9.40. The van der Waals surface area contributed by atoms with E-state index >= 15 is 0 Å². The van der Waals surface area contributed by atoms with E-state index in [0.29, 0.717) is 18.2 Å². The summed E-state index contributed by atoms with van der Waals surface area (Å²) in [5.74, 6) is -0.306. The molecule has 1 rings (SSSR count). The number of amides is 2. The van der Waals surface area contributed by atoms with Crippen LogP contribution in [0, 0.1) is 5.92 Å². The summed E-state index contributed by atoms with van der Waals surface area (Å²) >= 11 is 0. The van der Waals surface area contributed by atoms with Gasteiger partial charge in [-0.05, 0) is 30.5 Å². The van der Waals surface area contributed by atoms with Crippen molar-refractivity contribution in [1.29, 1.82) is 0 Å². The third kappa shape index (κ3) is 5.30. The molecule has 20 heavy (non-hydrogen) atoms. The van der Waals surface area contributed by atoms with Gasteiger partial charge in [0.1, 0.15) is 0 Å². The minimum atomic E-state index is -0.337. The van der Waals surface area contributed by atoms with Crippen LogP contribution in [0.15, 0.2) is 24.3 Å². The van der Waals surface area contributed by atoms with Crippen molar-refractivity contribution in [3.8, 4) is 0 Å². The number of nitrogen functional groups attached to an aromatic ring is 1. The molecule has 1 unspecified atom stereocenters. The Kier molecular flexibility index (Phi) is 6.03. The van der Waals surface area contributed by atoms with E-state index in [1.807, 2.05) is 26.0 Å². The second-order valence-electron chi connectivity index (χ2n) is 5.31. The molecule has 4 N–H and O–H groups in total. The maximum atomic E-state index is 12.0. The molecule has 0 aliphatic carbocycles. The minimum absolute atomic E-state index is 0.00178. The van der Waals surface area contributed by atoms with Gasteiger partial charge in [0.25, 0.3) is 0 Å². The molecule has 0 fully saturated rings. The summed E-state index contributed by atoms with van der Waals surface area (Å²) in [6, 6.07) is 7.19. The third-order valence-electron chi connectivity index (χ3n) is 2.93. The average Bonchev–Trinajstić information content (AvgIpc) is 2.41. The third-order valence-corrected chi connectivity index (χ3v) is 2.93. The van der Waals surface area contributed by atoms with Crippen LogP contribution in [-0.2, 0) is 9.59 Å². The zero-order valence-electron chi connectivity index (χ0n) is 12.3. The Morgan fingerprint density at radius 1 is 1.20 bits per heavy atom. The minimum Gasteiger partial charge on any atom is -0.399 e. The summed E-state index contributed by atoms with van der Waals surface area (Å²) in [6.45, 7) is 6.43. The molecule has 0 aliphatic rings. The van der Waals surface area contributed by atoms with E-state index in [2.05, 4.69) is 10.6 Å². The molecule has 0 saturated carbocycles. The van der Waals surface area contributed by atoms with Crippen LogP contribution < -0.4 is 16.4 Å². The van der Waals surface area contributed by atoms with Gasteiger partial charge in [-0.1, -0.05) is 26.0 Å². The van der Waals surface area contributed by atoms with Gasteiger partial charge in [0.15, 0.2) is 0 Å². The number of anilines is 1. The van der Waals surface area contributed by atoms with E-state index in [1.165, 1.54) is 0 Å². The lowest BCUT2D eigenvalue weighted by Crippen LogP contribution is -2.39. The fourth-order valence-corrected chi connectivity index (χ4v) is 1.68. The zero-order valence-corrected chi connectivity index (χ0v) is 12.3. The Labute approximate surface area is 119 Å². The summed E-state index contributed by atoms with van der Waals surface area (Å²) in [6.07, 6.45) is 0. The number of nitrogens with one attached hydrogen (secondary N) is 2. The highest BCUT2D eigenvalue weighted by Crippen LogP contribution is 2.17. The molecule has 0 aromatic heterocycles. The molecule has 2 amide bonds. The van der Waals surface area contributed by atoms with Gasteiger partial charge in [-0.15, -0.1) is 0 Å². The van der Waals surface area contributed by atoms with Crippen molar-refractivity contribution in [2.45, 2.75) is 26.7 Å². The van der Waals surface area contributed by atoms with E-state index in [9.17, 15) is 9.59 Å². The molecular weight excluding hydrogens is 254 g/mol. The second kappa shape index (κ2) is 7.53. The van der Waals surface area contributed by atoms with Crippen molar-refractivity contribution in [2.24, 2.45) is 5.92 Å². The normalized spacial score (nSPS) is 12.0. The monoisotopic (exact) mass is 277 g/mol. The second-order valence-corrected chi connectivity index (χ2v) is 5.31. The van der Waals surface area contributed by atoms with Crippen LogP contribution in [0.1, 0.15) is 32.3 Å². The van der Waals surface area contributed by atoms with Crippen molar-refractivity contribution in [3.63, 3.8) is 0 Å². The fourth-order valence-electron chi connectivity index (χ4n) is 1.68. The van der Waals surface area contributed by atoms with Crippen LogP contribution in [-0.4, -0.2) is 24.9 Å². The molecule has 110 valence electrons. The van der Waals surface area contributed by atoms with Crippen molar-refractivity contribution in [1.82, 2.24) is 10.6 Å². The van der Waals surface area contributed by atoms with Gasteiger partial charge in [-0.2, -0.15) is 0 Å². The Morgan fingerprint density at radius 3 is 2.50 bits per heavy atom. The summed E-state index contributed by atoms with van der Waals surface area (Å²) < 4.78 is 0. The smallest absolute Gasteiger partial charge is 0.239 e. The number of benzene rings is 1. The number of hydrogen-bond donors (Lipinski definition) is 3. The molecule has 1 aromatic carbocycles. The maximum absolute atomic E-state index is 12.0. The predicted octanol–water partition coefficient (Wildman–Crippen LogP) is 1.26. The van der Waals surface area contributed by atoms with Crippen LogP contribution in [0.4, 0.5) is 5.69 Å². The van der Waals surface area contributed by atoms with E-state index in [1.54, 1.807) is 19.1 Å². The van der Waals surface area contributed by atoms with E-state index in [0.717, 1.165) is 5.56 Å². The summed E-state index contributed by atoms with van der Waals surface area (Å²) in [5, 5.41) is 5.38. The number of carbonyl (C=O) groups excluding carboxylic acids is 2. The zero-order chi connectivity index (χ0) is 15.1. The van der Waals surface area contributed by atoms with E-state index < -0.39 is 0 Å². The number of carbonyl (C=O) groups is 2. The molecule has 0 radical (unpaired) electrons. The maximum Gasteiger partial charge on any atom is 0.239 e. The first-order valence-corrected chi connectivity index (χ1v) is 6.80. The van der Waals surface area contributed by atoms with E-state index in [4.69, 9.17) is 5.73 Å².